The lowest BCUT2D eigenvalue weighted by Gasteiger charge is -2.32. The van der Waals surface area contributed by atoms with Gasteiger partial charge in [-0.05, 0) is 44.2 Å². The lowest BCUT2D eigenvalue weighted by atomic mass is 9.96. The van der Waals surface area contributed by atoms with E-state index in [1.54, 1.807) is 24.3 Å². The predicted molar refractivity (Wildman–Crippen MR) is 98.9 cm³/mol. The van der Waals surface area contributed by atoms with Gasteiger partial charge in [-0.15, -0.1) is 0 Å². The second-order valence-corrected chi connectivity index (χ2v) is 7.11. The minimum atomic E-state index is -0.162. The predicted octanol–water partition coefficient (Wildman–Crippen LogP) is 2.53. The molecule has 0 radical (unpaired) electrons. The van der Waals surface area contributed by atoms with E-state index < -0.39 is 0 Å². The number of piperazine rings is 1. The summed E-state index contributed by atoms with van der Waals surface area (Å²) in [5, 5.41) is 5.89. The van der Waals surface area contributed by atoms with Gasteiger partial charge in [0.25, 0.3) is 5.91 Å². The van der Waals surface area contributed by atoms with Crippen LogP contribution in [0.1, 0.15) is 42.5 Å². The van der Waals surface area contributed by atoms with Crippen LogP contribution in [-0.2, 0) is 0 Å². The van der Waals surface area contributed by atoms with Crippen LogP contribution in [0.15, 0.2) is 24.3 Å². The summed E-state index contributed by atoms with van der Waals surface area (Å²) >= 11 is 0. The van der Waals surface area contributed by atoms with Crippen molar-refractivity contribution in [2.24, 2.45) is 0 Å². The van der Waals surface area contributed by atoms with Gasteiger partial charge in [-0.1, -0.05) is 19.3 Å². The number of nitrogens with zero attached hydrogens (tertiary/aromatic N) is 2. The largest absolute Gasteiger partial charge is 0.336 e. The van der Waals surface area contributed by atoms with E-state index in [4.69, 9.17) is 0 Å². The Bertz CT molecular complexity index is 588. The maximum Gasteiger partial charge on any atom is 0.319 e. The summed E-state index contributed by atoms with van der Waals surface area (Å²) in [7, 11) is 2.07. The third-order valence-electron chi connectivity index (χ3n) is 5.12. The van der Waals surface area contributed by atoms with Crippen molar-refractivity contribution in [2.45, 2.75) is 38.1 Å². The van der Waals surface area contributed by atoms with Gasteiger partial charge in [-0.2, -0.15) is 0 Å². The second-order valence-electron chi connectivity index (χ2n) is 7.11. The molecular formula is C19H28N4O2. The van der Waals surface area contributed by atoms with E-state index in [1.165, 1.54) is 19.3 Å². The average molecular weight is 344 g/mol. The molecule has 2 fully saturated rings. The number of hydrogen-bond donors (Lipinski definition) is 2. The first-order valence-corrected chi connectivity index (χ1v) is 9.27. The summed E-state index contributed by atoms with van der Waals surface area (Å²) in [4.78, 5) is 28.7. The van der Waals surface area contributed by atoms with Crippen molar-refractivity contribution in [1.29, 1.82) is 0 Å². The zero-order valence-corrected chi connectivity index (χ0v) is 15.0. The van der Waals surface area contributed by atoms with E-state index in [0.29, 0.717) is 11.3 Å². The van der Waals surface area contributed by atoms with Crippen molar-refractivity contribution < 1.29 is 9.59 Å². The van der Waals surface area contributed by atoms with Crippen molar-refractivity contribution in [1.82, 2.24) is 15.1 Å². The lowest BCUT2D eigenvalue weighted by molar-refractivity contribution is 0.0664. The van der Waals surface area contributed by atoms with E-state index in [2.05, 4.69) is 22.6 Å². The maximum absolute atomic E-state index is 12.5. The fraction of sp³-hybridized carbons (Fsp3) is 0.579. The van der Waals surface area contributed by atoms with E-state index in [-0.39, 0.29) is 18.0 Å². The molecule has 0 aromatic heterocycles. The topological polar surface area (TPSA) is 64.7 Å². The van der Waals surface area contributed by atoms with Crippen LogP contribution in [-0.4, -0.2) is 61.0 Å². The van der Waals surface area contributed by atoms with Crippen LogP contribution in [0.3, 0.4) is 0 Å². The third-order valence-corrected chi connectivity index (χ3v) is 5.12. The number of carbonyl (C=O) groups is 2. The highest BCUT2D eigenvalue weighted by Gasteiger charge is 2.20. The van der Waals surface area contributed by atoms with E-state index in [1.807, 2.05) is 4.90 Å². The number of amides is 3. The smallest absolute Gasteiger partial charge is 0.319 e. The fourth-order valence-corrected chi connectivity index (χ4v) is 3.49. The number of likely N-dealkylation sites (N-methyl/N-ethyl adjacent to an activating group) is 1. The first-order chi connectivity index (χ1) is 12.1. The average Bonchev–Trinajstić information content (AvgIpc) is 2.63. The SMILES string of the molecule is CN1CCN(C(=O)c2ccc(NC(=O)NC3CCCCC3)cc2)CC1. The molecule has 1 aliphatic carbocycles. The van der Waals surface area contributed by atoms with Gasteiger partial charge in [-0.25, -0.2) is 4.79 Å². The molecular weight excluding hydrogens is 316 g/mol. The summed E-state index contributed by atoms with van der Waals surface area (Å²) in [6.07, 6.45) is 5.77. The Morgan fingerprint density at radius 2 is 1.60 bits per heavy atom. The molecule has 6 heteroatoms. The third kappa shape index (κ3) is 4.95. The molecule has 1 saturated heterocycles. The zero-order chi connectivity index (χ0) is 17.6. The molecule has 3 rings (SSSR count). The zero-order valence-electron chi connectivity index (χ0n) is 15.0. The number of carbonyl (C=O) groups excluding carboxylic acids is 2. The number of nitrogens with one attached hydrogen (secondary N) is 2. The molecule has 6 nitrogen and oxygen atoms in total. The number of benzene rings is 1. The molecule has 0 atom stereocenters. The summed E-state index contributed by atoms with van der Waals surface area (Å²) in [5.41, 5.74) is 1.38. The lowest BCUT2D eigenvalue weighted by Crippen LogP contribution is -2.47. The van der Waals surface area contributed by atoms with E-state index >= 15 is 0 Å². The van der Waals surface area contributed by atoms with Crippen LogP contribution in [0.2, 0.25) is 0 Å². The summed E-state index contributed by atoms with van der Waals surface area (Å²) in [6.45, 7) is 3.34. The second kappa shape index (κ2) is 8.34. The highest BCUT2D eigenvalue weighted by Crippen LogP contribution is 2.18. The standard InChI is InChI=1S/C19H28N4O2/c1-22-11-13-23(14-12-22)18(24)15-7-9-17(10-8-15)21-19(25)20-16-5-3-2-4-6-16/h7-10,16H,2-6,11-14H2,1H3,(H2,20,21,25). The van der Waals surface area contributed by atoms with Gasteiger partial charge >= 0.3 is 6.03 Å². The molecule has 2 N–H and O–H groups in total. The number of rotatable bonds is 3. The molecule has 0 bridgehead atoms. The Labute approximate surface area is 149 Å². The van der Waals surface area contributed by atoms with Crippen molar-refractivity contribution in [3.05, 3.63) is 29.8 Å². The molecule has 136 valence electrons. The fourth-order valence-electron chi connectivity index (χ4n) is 3.49. The van der Waals surface area contributed by atoms with Gasteiger partial charge in [-0.3, -0.25) is 4.79 Å². The summed E-state index contributed by atoms with van der Waals surface area (Å²) < 4.78 is 0. The van der Waals surface area contributed by atoms with Crippen LogP contribution in [0.25, 0.3) is 0 Å². The number of anilines is 1. The highest BCUT2D eigenvalue weighted by molar-refractivity contribution is 5.95. The Hall–Kier alpha value is -2.08. The van der Waals surface area contributed by atoms with E-state index in [0.717, 1.165) is 39.0 Å². The maximum atomic E-state index is 12.5. The van der Waals surface area contributed by atoms with Crippen LogP contribution < -0.4 is 10.6 Å². The van der Waals surface area contributed by atoms with Gasteiger partial charge in [0.05, 0.1) is 0 Å². The quantitative estimate of drug-likeness (QED) is 0.886. The molecule has 3 amide bonds. The van der Waals surface area contributed by atoms with Gasteiger partial charge in [0.15, 0.2) is 0 Å². The molecule has 25 heavy (non-hydrogen) atoms. The van der Waals surface area contributed by atoms with Gasteiger partial charge in [0.1, 0.15) is 0 Å². The van der Waals surface area contributed by atoms with Gasteiger partial charge in [0.2, 0.25) is 0 Å². The molecule has 0 unspecified atom stereocenters. The van der Waals surface area contributed by atoms with Crippen molar-refractivity contribution in [3.8, 4) is 0 Å². The highest BCUT2D eigenvalue weighted by atomic mass is 16.2. The van der Waals surface area contributed by atoms with Crippen molar-refractivity contribution >= 4 is 17.6 Å². The molecule has 1 aromatic carbocycles. The molecule has 1 aromatic rings. The summed E-state index contributed by atoms with van der Waals surface area (Å²) in [5.74, 6) is 0.0614. The van der Waals surface area contributed by atoms with Crippen LogP contribution in [0.5, 0.6) is 0 Å². The monoisotopic (exact) mass is 344 g/mol. The minimum absolute atomic E-state index is 0.0614. The Kier molecular flexibility index (Phi) is 5.91. The Morgan fingerprint density at radius 1 is 0.960 bits per heavy atom. The Balaban J connectivity index is 1.51. The number of urea groups is 1. The molecule has 2 aliphatic rings. The van der Waals surface area contributed by atoms with Crippen LogP contribution in [0.4, 0.5) is 10.5 Å². The van der Waals surface area contributed by atoms with Crippen molar-refractivity contribution in [2.75, 3.05) is 38.5 Å². The summed E-state index contributed by atoms with van der Waals surface area (Å²) in [6, 6.07) is 7.29. The first kappa shape index (κ1) is 17.7. The normalized spacial score (nSPS) is 19.5. The molecule has 1 heterocycles. The Morgan fingerprint density at radius 3 is 2.24 bits per heavy atom. The minimum Gasteiger partial charge on any atom is -0.336 e. The van der Waals surface area contributed by atoms with Crippen LogP contribution >= 0.6 is 0 Å². The van der Waals surface area contributed by atoms with Gasteiger partial charge < -0.3 is 20.4 Å². The van der Waals surface area contributed by atoms with Crippen molar-refractivity contribution in [3.63, 3.8) is 0 Å². The number of hydrogen-bond acceptors (Lipinski definition) is 3. The van der Waals surface area contributed by atoms with E-state index in [9.17, 15) is 9.59 Å². The van der Waals surface area contributed by atoms with Crippen LogP contribution in [0, 0.1) is 0 Å². The van der Waals surface area contributed by atoms with Gasteiger partial charge in [0, 0.05) is 43.5 Å². The molecule has 1 saturated carbocycles. The first-order valence-electron chi connectivity index (χ1n) is 9.27. The molecule has 0 spiro atoms. The molecule has 1 aliphatic heterocycles.